The average Bonchev–Trinajstić information content (AvgIpc) is 3.44. The number of aryl methyl sites for hydroxylation is 1. The van der Waals surface area contributed by atoms with Gasteiger partial charge in [-0.2, -0.15) is 4.31 Å². The second kappa shape index (κ2) is 8.55. The van der Waals surface area contributed by atoms with Gasteiger partial charge in [0.15, 0.2) is 0 Å². The van der Waals surface area contributed by atoms with Gasteiger partial charge >= 0.3 is 0 Å². The number of benzene rings is 1. The maximum absolute atomic E-state index is 12.9. The van der Waals surface area contributed by atoms with Crippen molar-refractivity contribution in [2.75, 3.05) is 13.1 Å². The van der Waals surface area contributed by atoms with Crippen LogP contribution in [0.3, 0.4) is 0 Å². The minimum atomic E-state index is -3.65. The van der Waals surface area contributed by atoms with Crippen LogP contribution in [-0.2, 0) is 21.4 Å². The molecule has 0 spiro atoms. The van der Waals surface area contributed by atoms with E-state index in [1.807, 2.05) is 24.3 Å². The zero-order valence-electron chi connectivity index (χ0n) is 15.6. The molecule has 10 heteroatoms. The lowest BCUT2D eigenvalue weighted by atomic mass is 10.2. The number of nitrogens with one attached hydrogen (secondary N) is 1. The van der Waals surface area contributed by atoms with E-state index in [0.717, 1.165) is 39.1 Å². The molecule has 1 N–H and O–H groups in total. The molecule has 1 fully saturated rings. The summed E-state index contributed by atoms with van der Waals surface area (Å²) in [5.74, 6) is -0.225. The van der Waals surface area contributed by atoms with Crippen molar-refractivity contribution in [2.24, 2.45) is 0 Å². The van der Waals surface area contributed by atoms with E-state index >= 15 is 0 Å². The number of amides is 1. The number of thiophene rings is 1. The molecule has 29 heavy (non-hydrogen) atoms. The third-order valence-electron chi connectivity index (χ3n) is 5.02. The van der Waals surface area contributed by atoms with Gasteiger partial charge in [0, 0.05) is 19.6 Å². The lowest BCUT2D eigenvalue weighted by Gasteiger charge is -2.22. The van der Waals surface area contributed by atoms with Gasteiger partial charge in [0.25, 0.3) is 10.0 Å². The highest BCUT2D eigenvalue weighted by Crippen LogP contribution is 2.32. The minimum Gasteiger partial charge on any atom is -0.355 e. The Bertz CT molecular complexity index is 1130. The number of fused-ring (bicyclic) bond motifs is 1. The van der Waals surface area contributed by atoms with E-state index in [1.54, 1.807) is 18.5 Å². The number of sulfonamides is 1. The van der Waals surface area contributed by atoms with Gasteiger partial charge in [-0.1, -0.05) is 12.1 Å². The molecule has 0 unspecified atom stereocenters. The standard InChI is InChI=1S/C19H21BrN4O3S2/c20-17-8-9-18(28-17)29(26,27)24-12-3-7-16(24)19(25)21-10-4-11-23-13-22-14-5-1-2-6-15(14)23/h1-2,5-6,8-9,13,16H,3-4,7,10-12H2,(H,21,25)/t16-/m0/s1. The highest BCUT2D eigenvalue weighted by Gasteiger charge is 2.39. The van der Waals surface area contributed by atoms with Crippen LogP contribution in [-0.4, -0.2) is 47.3 Å². The summed E-state index contributed by atoms with van der Waals surface area (Å²) in [6.45, 7) is 1.59. The van der Waals surface area contributed by atoms with Gasteiger partial charge in [0.05, 0.1) is 21.1 Å². The van der Waals surface area contributed by atoms with Crippen molar-refractivity contribution in [2.45, 2.75) is 36.1 Å². The maximum Gasteiger partial charge on any atom is 0.253 e. The Labute approximate surface area is 181 Å². The van der Waals surface area contributed by atoms with Crippen LogP contribution in [0.2, 0.25) is 0 Å². The van der Waals surface area contributed by atoms with Crippen LogP contribution in [0.1, 0.15) is 19.3 Å². The Morgan fingerprint density at radius 1 is 1.28 bits per heavy atom. The number of aromatic nitrogens is 2. The monoisotopic (exact) mass is 496 g/mol. The molecule has 1 aliphatic heterocycles. The zero-order valence-corrected chi connectivity index (χ0v) is 18.8. The summed E-state index contributed by atoms with van der Waals surface area (Å²) in [4.78, 5) is 17.0. The van der Waals surface area contributed by atoms with E-state index in [1.165, 1.54) is 4.31 Å². The number of nitrogens with zero attached hydrogens (tertiary/aromatic N) is 3. The Morgan fingerprint density at radius 2 is 2.10 bits per heavy atom. The fourth-order valence-electron chi connectivity index (χ4n) is 3.61. The number of carbonyl (C=O) groups is 1. The predicted molar refractivity (Wildman–Crippen MR) is 116 cm³/mol. The molecular formula is C19H21BrN4O3S2. The van der Waals surface area contributed by atoms with Crippen molar-refractivity contribution in [1.82, 2.24) is 19.2 Å². The van der Waals surface area contributed by atoms with Gasteiger partial charge in [0.2, 0.25) is 5.91 Å². The number of hydrogen-bond donors (Lipinski definition) is 1. The summed E-state index contributed by atoms with van der Waals surface area (Å²) < 4.78 is 30.2. The second-order valence-electron chi connectivity index (χ2n) is 6.90. The first-order valence-electron chi connectivity index (χ1n) is 9.41. The van der Waals surface area contributed by atoms with Gasteiger partial charge < -0.3 is 9.88 Å². The number of halogens is 1. The summed E-state index contributed by atoms with van der Waals surface area (Å²) in [6.07, 6.45) is 3.77. The first-order valence-corrected chi connectivity index (χ1v) is 12.5. The Hall–Kier alpha value is -1.75. The van der Waals surface area contributed by atoms with Gasteiger partial charge in [-0.15, -0.1) is 11.3 Å². The summed E-state index contributed by atoms with van der Waals surface area (Å²) in [5, 5.41) is 2.91. The van der Waals surface area contributed by atoms with Gasteiger partial charge in [0.1, 0.15) is 10.3 Å². The molecule has 3 aromatic rings. The predicted octanol–water partition coefficient (Wildman–Crippen LogP) is 3.22. The molecule has 4 rings (SSSR count). The van der Waals surface area contributed by atoms with Crippen molar-refractivity contribution in [3.05, 3.63) is 46.5 Å². The Morgan fingerprint density at radius 3 is 2.90 bits per heavy atom. The fourth-order valence-corrected chi connectivity index (χ4v) is 7.40. The minimum absolute atomic E-state index is 0.225. The molecule has 0 aliphatic carbocycles. The van der Waals surface area contributed by atoms with Crippen molar-refractivity contribution in [3.63, 3.8) is 0 Å². The molecule has 1 aliphatic rings. The molecule has 1 saturated heterocycles. The van der Waals surface area contributed by atoms with Crippen LogP contribution >= 0.6 is 27.3 Å². The number of imidazole rings is 1. The van der Waals surface area contributed by atoms with Crippen LogP contribution < -0.4 is 5.32 Å². The molecule has 0 radical (unpaired) electrons. The summed E-state index contributed by atoms with van der Waals surface area (Å²) >= 11 is 4.46. The van der Waals surface area contributed by atoms with Gasteiger partial charge in [-0.3, -0.25) is 4.79 Å². The van der Waals surface area contributed by atoms with E-state index < -0.39 is 16.1 Å². The molecule has 0 bridgehead atoms. The van der Waals surface area contributed by atoms with Crippen LogP contribution in [0.25, 0.3) is 11.0 Å². The zero-order chi connectivity index (χ0) is 20.4. The van der Waals surface area contributed by atoms with Crippen LogP contribution in [0.5, 0.6) is 0 Å². The third kappa shape index (κ3) is 4.25. The molecule has 2 aromatic heterocycles. The molecule has 1 aromatic carbocycles. The lowest BCUT2D eigenvalue weighted by Crippen LogP contribution is -2.46. The van der Waals surface area contributed by atoms with E-state index in [9.17, 15) is 13.2 Å². The van der Waals surface area contributed by atoms with E-state index in [-0.39, 0.29) is 10.1 Å². The number of carbonyl (C=O) groups excluding carboxylic acids is 1. The van der Waals surface area contributed by atoms with Gasteiger partial charge in [-0.05, 0) is 59.5 Å². The highest BCUT2D eigenvalue weighted by molar-refractivity contribution is 9.11. The molecule has 1 atom stereocenters. The molecule has 0 saturated carbocycles. The Kier molecular flexibility index (Phi) is 6.05. The molecule has 3 heterocycles. The number of hydrogen-bond acceptors (Lipinski definition) is 5. The van der Waals surface area contributed by atoms with Crippen LogP contribution in [0.15, 0.2) is 50.7 Å². The highest BCUT2D eigenvalue weighted by atomic mass is 79.9. The fraction of sp³-hybridized carbons (Fsp3) is 0.368. The van der Waals surface area contributed by atoms with Crippen LogP contribution in [0.4, 0.5) is 0 Å². The summed E-state index contributed by atoms with van der Waals surface area (Å²) in [5.41, 5.74) is 2.01. The van der Waals surface area contributed by atoms with Gasteiger partial charge in [-0.25, -0.2) is 13.4 Å². The first-order chi connectivity index (χ1) is 14.0. The number of para-hydroxylation sites is 2. The van der Waals surface area contributed by atoms with Crippen molar-refractivity contribution >= 4 is 54.2 Å². The summed E-state index contributed by atoms with van der Waals surface area (Å²) in [7, 11) is -3.65. The third-order valence-corrected chi connectivity index (χ3v) is 9.02. The van der Waals surface area contributed by atoms with E-state index in [2.05, 4.69) is 30.8 Å². The second-order valence-corrected chi connectivity index (χ2v) is 11.5. The maximum atomic E-state index is 12.9. The molecule has 7 nitrogen and oxygen atoms in total. The number of rotatable bonds is 7. The summed E-state index contributed by atoms with van der Waals surface area (Å²) in [6, 6.07) is 10.6. The van der Waals surface area contributed by atoms with E-state index in [4.69, 9.17) is 0 Å². The quantitative estimate of drug-likeness (QED) is 0.508. The van der Waals surface area contributed by atoms with Crippen molar-refractivity contribution in [1.29, 1.82) is 0 Å². The molecule has 1 amide bonds. The normalized spacial score (nSPS) is 17.8. The molecule has 154 valence electrons. The van der Waals surface area contributed by atoms with E-state index in [0.29, 0.717) is 25.9 Å². The first kappa shape index (κ1) is 20.5. The van der Waals surface area contributed by atoms with Crippen LogP contribution in [0, 0.1) is 0 Å². The Balaban J connectivity index is 1.34. The lowest BCUT2D eigenvalue weighted by molar-refractivity contribution is -0.124. The average molecular weight is 497 g/mol. The largest absolute Gasteiger partial charge is 0.355 e. The smallest absolute Gasteiger partial charge is 0.253 e. The van der Waals surface area contributed by atoms with Crippen molar-refractivity contribution in [3.8, 4) is 0 Å². The SMILES string of the molecule is O=C(NCCCn1cnc2ccccc21)[C@@H]1CCCN1S(=O)(=O)c1ccc(Br)s1. The topological polar surface area (TPSA) is 84.3 Å². The molecular weight excluding hydrogens is 476 g/mol. The van der Waals surface area contributed by atoms with Crippen molar-refractivity contribution < 1.29 is 13.2 Å².